The molecule has 0 fully saturated rings. The topological polar surface area (TPSA) is 26.3 Å². The molecule has 114 valence electrons. The molecule has 0 amide bonds. The van der Waals surface area contributed by atoms with E-state index in [4.69, 9.17) is 4.74 Å². The molecule has 0 rings (SSSR count). The maximum Gasteiger partial charge on any atom is 0.333 e. The zero-order valence-electron chi connectivity index (χ0n) is 12.4. The van der Waals surface area contributed by atoms with E-state index in [9.17, 15) is 4.79 Å². The van der Waals surface area contributed by atoms with Crippen LogP contribution in [0.3, 0.4) is 0 Å². The van der Waals surface area contributed by atoms with E-state index in [0.717, 1.165) is 12.8 Å². The van der Waals surface area contributed by atoms with E-state index in [1.165, 1.54) is 64.9 Å². The van der Waals surface area contributed by atoms with Crippen molar-refractivity contribution < 1.29 is 9.53 Å². The number of hydrogen-bond donors (Lipinski definition) is 0. The fraction of sp³-hybridized carbons (Fsp3) is 0.933. The van der Waals surface area contributed by atoms with Crippen molar-refractivity contribution in [2.75, 3.05) is 7.11 Å². The Labute approximate surface area is 135 Å². The van der Waals surface area contributed by atoms with Crippen molar-refractivity contribution in [2.24, 2.45) is 0 Å². The molecular formula is C15H28Br2O2. The molecule has 0 aliphatic rings. The summed E-state index contributed by atoms with van der Waals surface area (Å²) in [5.74, 6) is -0.247. The smallest absolute Gasteiger partial charge is 0.333 e. The van der Waals surface area contributed by atoms with Crippen LogP contribution >= 0.6 is 31.9 Å². The summed E-state index contributed by atoms with van der Waals surface area (Å²) in [6, 6.07) is 0. The third kappa shape index (κ3) is 10.8. The zero-order chi connectivity index (χ0) is 14.6. The second-order valence-electron chi connectivity index (χ2n) is 5.13. The summed E-state index contributed by atoms with van der Waals surface area (Å²) in [4.78, 5) is 11.4. The molecule has 0 aromatic heterocycles. The SMILES string of the molecule is CCCCCCCCCCCCC(Br)(Br)C(=O)OC. The third-order valence-corrected chi connectivity index (χ3v) is 4.77. The van der Waals surface area contributed by atoms with Gasteiger partial charge in [-0.05, 0) is 6.42 Å². The van der Waals surface area contributed by atoms with Crippen LogP contribution < -0.4 is 0 Å². The lowest BCUT2D eigenvalue weighted by Crippen LogP contribution is -2.25. The van der Waals surface area contributed by atoms with Gasteiger partial charge in [-0.25, -0.2) is 4.79 Å². The van der Waals surface area contributed by atoms with Crippen LogP contribution in [0.15, 0.2) is 0 Å². The third-order valence-electron chi connectivity index (χ3n) is 3.33. The zero-order valence-corrected chi connectivity index (χ0v) is 15.5. The Kier molecular flexibility index (Phi) is 12.5. The van der Waals surface area contributed by atoms with E-state index in [2.05, 4.69) is 38.8 Å². The number of ether oxygens (including phenoxy) is 1. The second-order valence-corrected chi connectivity index (χ2v) is 8.90. The van der Waals surface area contributed by atoms with Gasteiger partial charge in [-0.15, -0.1) is 0 Å². The molecule has 0 bridgehead atoms. The Bertz CT molecular complexity index is 230. The lowest BCUT2D eigenvalue weighted by molar-refractivity contribution is -0.140. The number of rotatable bonds is 12. The van der Waals surface area contributed by atoms with Crippen LogP contribution in [0.25, 0.3) is 0 Å². The van der Waals surface area contributed by atoms with Crippen LogP contribution in [0, 0.1) is 0 Å². The summed E-state index contributed by atoms with van der Waals surface area (Å²) in [6.45, 7) is 2.25. The molecule has 0 unspecified atom stereocenters. The van der Waals surface area contributed by atoms with E-state index in [0.29, 0.717) is 0 Å². The van der Waals surface area contributed by atoms with Crippen LogP contribution in [0.1, 0.15) is 77.6 Å². The Hall–Kier alpha value is 0.430. The number of unbranched alkanes of at least 4 members (excludes halogenated alkanes) is 9. The van der Waals surface area contributed by atoms with E-state index in [1.54, 1.807) is 0 Å². The average Bonchev–Trinajstić information content (AvgIpc) is 2.39. The van der Waals surface area contributed by atoms with Gasteiger partial charge in [-0.1, -0.05) is 103 Å². The summed E-state index contributed by atoms with van der Waals surface area (Å²) in [6.07, 6.45) is 13.8. The number of esters is 1. The highest BCUT2D eigenvalue weighted by atomic mass is 79.9. The molecule has 0 radical (unpaired) electrons. The molecule has 0 saturated carbocycles. The lowest BCUT2D eigenvalue weighted by Gasteiger charge is -2.16. The monoisotopic (exact) mass is 398 g/mol. The van der Waals surface area contributed by atoms with Gasteiger partial charge in [0.1, 0.15) is 0 Å². The highest BCUT2D eigenvalue weighted by Gasteiger charge is 2.32. The van der Waals surface area contributed by atoms with E-state index in [1.807, 2.05) is 0 Å². The molecule has 2 nitrogen and oxygen atoms in total. The summed E-state index contributed by atoms with van der Waals surface area (Å²) >= 11 is 6.74. The van der Waals surface area contributed by atoms with Crippen LogP contribution in [-0.4, -0.2) is 16.3 Å². The van der Waals surface area contributed by atoms with Crippen LogP contribution in [0.4, 0.5) is 0 Å². The Balaban J connectivity index is 3.33. The van der Waals surface area contributed by atoms with Gasteiger partial charge in [0, 0.05) is 0 Å². The molecule has 4 heteroatoms. The first kappa shape index (κ1) is 19.4. The molecule has 0 heterocycles. The Morgan fingerprint density at radius 2 is 1.32 bits per heavy atom. The van der Waals surface area contributed by atoms with Gasteiger partial charge >= 0.3 is 5.97 Å². The molecule has 0 aromatic carbocycles. The van der Waals surface area contributed by atoms with Crippen molar-refractivity contribution >= 4 is 37.8 Å². The second kappa shape index (κ2) is 12.2. The van der Waals surface area contributed by atoms with Crippen molar-refractivity contribution in [1.82, 2.24) is 0 Å². The van der Waals surface area contributed by atoms with Gasteiger partial charge in [-0.2, -0.15) is 0 Å². The fourth-order valence-electron chi connectivity index (χ4n) is 2.09. The van der Waals surface area contributed by atoms with Crippen molar-refractivity contribution in [3.63, 3.8) is 0 Å². The quantitative estimate of drug-likeness (QED) is 0.230. The van der Waals surface area contributed by atoms with E-state index >= 15 is 0 Å². The standard InChI is InChI=1S/C15H28Br2O2/c1-3-4-5-6-7-8-9-10-11-12-13-15(16,17)14(18)19-2/h3-13H2,1-2H3. The van der Waals surface area contributed by atoms with E-state index in [-0.39, 0.29) is 5.97 Å². The van der Waals surface area contributed by atoms with Gasteiger partial charge in [0.2, 0.25) is 0 Å². The summed E-state index contributed by atoms with van der Waals surface area (Å²) in [7, 11) is 1.41. The summed E-state index contributed by atoms with van der Waals surface area (Å²) < 4.78 is 4.04. The fourth-order valence-corrected chi connectivity index (χ4v) is 2.97. The predicted molar refractivity (Wildman–Crippen MR) is 89.1 cm³/mol. The Morgan fingerprint density at radius 1 is 0.895 bits per heavy atom. The molecular weight excluding hydrogens is 372 g/mol. The predicted octanol–water partition coefficient (Wildman–Crippen LogP) is 5.96. The van der Waals surface area contributed by atoms with Gasteiger partial charge < -0.3 is 4.74 Å². The Morgan fingerprint density at radius 3 is 1.74 bits per heavy atom. The minimum Gasteiger partial charge on any atom is -0.467 e. The van der Waals surface area contributed by atoms with Gasteiger partial charge in [0.05, 0.1) is 7.11 Å². The highest BCUT2D eigenvalue weighted by Crippen LogP contribution is 2.33. The van der Waals surface area contributed by atoms with Crippen molar-refractivity contribution in [1.29, 1.82) is 0 Å². The van der Waals surface area contributed by atoms with Gasteiger partial charge in [-0.3, -0.25) is 0 Å². The van der Waals surface area contributed by atoms with E-state index < -0.39 is 3.23 Å². The first-order valence-corrected chi connectivity index (χ1v) is 9.09. The van der Waals surface area contributed by atoms with Gasteiger partial charge in [0.15, 0.2) is 3.23 Å². The van der Waals surface area contributed by atoms with Crippen LogP contribution in [-0.2, 0) is 9.53 Å². The minimum atomic E-state index is -0.686. The molecule has 0 aliphatic heterocycles. The summed E-state index contributed by atoms with van der Waals surface area (Å²) in [5, 5.41) is 0. The van der Waals surface area contributed by atoms with Crippen molar-refractivity contribution in [3.05, 3.63) is 0 Å². The van der Waals surface area contributed by atoms with Gasteiger partial charge in [0.25, 0.3) is 0 Å². The largest absolute Gasteiger partial charge is 0.467 e. The molecule has 0 atom stereocenters. The van der Waals surface area contributed by atoms with Crippen LogP contribution in [0.2, 0.25) is 0 Å². The normalized spacial score (nSPS) is 11.6. The number of carbonyl (C=O) groups excluding carboxylic acids is 1. The molecule has 0 aromatic rings. The number of alkyl halides is 2. The number of methoxy groups -OCH3 is 1. The highest BCUT2D eigenvalue weighted by molar-refractivity contribution is 9.25. The maximum absolute atomic E-state index is 11.4. The molecule has 0 aliphatic carbocycles. The number of hydrogen-bond acceptors (Lipinski definition) is 2. The molecule has 0 N–H and O–H groups in total. The number of carbonyl (C=O) groups is 1. The van der Waals surface area contributed by atoms with Crippen molar-refractivity contribution in [2.45, 2.75) is 80.8 Å². The summed E-state index contributed by atoms with van der Waals surface area (Å²) in [5.41, 5.74) is 0. The maximum atomic E-state index is 11.4. The number of halogens is 2. The minimum absolute atomic E-state index is 0.247. The first-order valence-electron chi connectivity index (χ1n) is 7.51. The molecule has 0 saturated heterocycles. The molecule has 19 heavy (non-hydrogen) atoms. The lowest BCUT2D eigenvalue weighted by atomic mass is 10.1. The van der Waals surface area contributed by atoms with Crippen LogP contribution in [0.5, 0.6) is 0 Å². The first-order chi connectivity index (χ1) is 9.04. The average molecular weight is 400 g/mol. The molecule has 0 spiro atoms. The van der Waals surface area contributed by atoms with Crippen molar-refractivity contribution in [3.8, 4) is 0 Å².